The first-order valence-corrected chi connectivity index (χ1v) is 8.67. The number of nitrogens with one attached hydrogen (secondary N) is 1. The zero-order valence-electron chi connectivity index (χ0n) is 13.6. The van der Waals surface area contributed by atoms with Crippen LogP contribution in [-0.4, -0.2) is 27.5 Å². The van der Waals surface area contributed by atoms with E-state index in [0.717, 1.165) is 25.8 Å². The van der Waals surface area contributed by atoms with Crippen molar-refractivity contribution in [2.45, 2.75) is 6.54 Å². The standard InChI is InChI=1S/C17H18Br2N2O3/c1-22-15-5-4-11(8-16(15)23-2)9-20-21-10-12-6-13(18)17(24-3)14(19)7-12/h4-8,10,20H,9H2,1-3H3/b21-10+. The lowest BCUT2D eigenvalue weighted by Gasteiger charge is -2.09. The Hall–Kier alpha value is -1.73. The number of methoxy groups -OCH3 is 3. The highest BCUT2D eigenvalue weighted by Crippen LogP contribution is 2.34. The molecule has 0 fully saturated rings. The van der Waals surface area contributed by atoms with Gasteiger partial charge in [-0.15, -0.1) is 0 Å². The summed E-state index contributed by atoms with van der Waals surface area (Å²) in [5, 5.41) is 4.24. The van der Waals surface area contributed by atoms with Crippen molar-refractivity contribution < 1.29 is 14.2 Å². The summed E-state index contributed by atoms with van der Waals surface area (Å²) in [6.45, 7) is 0.579. The first-order chi connectivity index (χ1) is 11.6. The van der Waals surface area contributed by atoms with Gasteiger partial charge in [-0.3, -0.25) is 0 Å². The lowest BCUT2D eigenvalue weighted by molar-refractivity contribution is 0.354. The summed E-state index contributed by atoms with van der Waals surface area (Å²) in [6.07, 6.45) is 1.75. The zero-order valence-corrected chi connectivity index (χ0v) is 16.8. The number of nitrogens with zero attached hydrogens (tertiary/aromatic N) is 1. The van der Waals surface area contributed by atoms with Gasteiger partial charge in [0.1, 0.15) is 5.75 Å². The normalized spacial score (nSPS) is 10.7. The van der Waals surface area contributed by atoms with Crippen LogP contribution < -0.4 is 19.6 Å². The third-order valence-corrected chi connectivity index (χ3v) is 4.44. The minimum absolute atomic E-state index is 0.579. The van der Waals surface area contributed by atoms with Crippen LogP contribution in [0, 0.1) is 0 Å². The largest absolute Gasteiger partial charge is 0.494 e. The molecule has 0 bridgehead atoms. The maximum Gasteiger partial charge on any atom is 0.161 e. The van der Waals surface area contributed by atoms with Gasteiger partial charge in [0.2, 0.25) is 0 Å². The van der Waals surface area contributed by atoms with Crippen LogP contribution in [-0.2, 0) is 6.54 Å². The van der Waals surface area contributed by atoms with E-state index in [-0.39, 0.29) is 0 Å². The molecule has 0 aromatic heterocycles. The molecule has 0 saturated heterocycles. The lowest BCUT2D eigenvalue weighted by Crippen LogP contribution is -2.06. The van der Waals surface area contributed by atoms with Gasteiger partial charge in [0, 0.05) is 0 Å². The van der Waals surface area contributed by atoms with E-state index in [0.29, 0.717) is 18.0 Å². The second-order valence-corrected chi connectivity index (χ2v) is 6.51. The Balaban J connectivity index is 2.00. The van der Waals surface area contributed by atoms with E-state index < -0.39 is 0 Å². The molecule has 5 nitrogen and oxygen atoms in total. The van der Waals surface area contributed by atoms with Gasteiger partial charge in [-0.1, -0.05) is 6.07 Å². The van der Waals surface area contributed by atoms with E-state index in [1.54, 1.807) is 27.5 Å². The molecule has 7 heteroatoms. The van der Waals surface area contributed by atoms with Crippen LogP contribution in [0.15, 0.2) is 44.4 Å². The monoisotopic (exact) mass is 456 g/mol. The summed E-state index contributed by atoms with van der Waals surface area (Å²) in [5.41, 5.74) is 5.00. The molecule has 0 atom stereocenters. The number of hydrazone groups is 1. The van der Waals surface area contributed by atoms with E-state index >= 15 is 0 Å². The topological polar surface area (TPSA) is 52.1 Å². The van der Waals surface area contributed by atoms with E-state index in [1.165, 1.54) is 0 Å². The molecule has 2 rings (SSSR count). The first-order valence-electron chi connectivity index (χ1n) is 7.09. The first kappa shape index (κ1) is 18.6. The molecule has 0 aliphatic rings. The smallest absolute Gasteiger partial charge is 0.161 e. The van der Waals surface area contributed by atoms with Gasteiger partial charge in [-0.25, -0.2) is 0 Å². The van der Waals surface area contributed by atoms with E-state index in [9.17, 15) is 0 Å². The molecule has 2 aromatic carbocycles. The summed E-state index contributed by atoms with van der Waals surface area (Å²) in [4.78, 5) is 0. The lowest BCUT2D eigenvalue weighted by atomic mass is 10.2. The Kier molecular flexibility index (Phi) is 6.93. The van der Waals surface area contributed by atoms with Gasteiger partial charge in [-0.05, 0) is 67.3 Å². The van der Waals surface area contributed by atoms with E-state index in [2.05, 4.69) is 42.4 Å². The Bertz CT molecular complexity index is 713. The van der Waals surface area contributed by atoms with Crippen molar-refractivity contribution in [1.29, 1.82) is 0 Å². The van der Waals surface area contributed by atoms with Crippen LogP contribution >= 0.6 is 31.9 Å². The summed E-state index contributed by atoms with van der Waals surface area (Å²) < 4.78 is 17.5. The molecule has 2 aromatic rings. The van der Waals surface area contributed by atoms with Crippen LogP contribution in [0.4, 0.5) is 0 Å². The van der Waals surface area contributed by atoms with Gasteiger partial charge < -0.3 is 19.6 Å². The number of benzene rings is 2. The fourth-order valence-corrected chi connectivity index (χ4v) is 3.64. The van der Waals surface area contributed by atoms with Crippen molar-refractivity contribution in [2.75, 3.05) is 21.3 Å². The minimum Gasteiger partial charge on any atom is -0.494 e. The van der Waals surface area contributed by atoms with Crippen LogP contribution in [0.3, 0.4) is 0 Å². The highest BCUT2D eigenvalue weighted by atomic mass is 79.9. The van der Waals surface area contributed by atoms with Crippen LogP contribution in [0.2, 0.25) is 0 Å². The Morgan fingerprint density at radius 1 is 0.958 bits per heavy atom. The Labute approximate surface area is 158 Å². The predicted octanol–water partition coefficient (Wildman–Crippen LogP) is 4.36. The average Bonchev–Trinajstić information content (AvgIpc) is 2.58. The van der Waals surface area contributed by atoms with Crippen LogP contribution in [0.1, 0.15) is 11.1 Å². The van der Waals surface area contributed by atoms with Crippen molar-refractivity contribution in [3.8, 4) is 17.2 Å². The highest BCUT2D eigenvalue weighted by molar-refractivity contribution is 9.11. The molecule has 0 aliphatic carbocycles. The third-order valence-electron chi connectivity index (χ3n) is 3.26. The van der Waals surface area contributed by atoms with Gasteiger partial charge in [0.25, 0.3) is 0 Å². The molecule has 128 valence electrons. The average molecular weight is 458 g/mol. The molecule has 0 amide bonds. The molecule has 0 spiro atoms. The van der Waals surface area contributed by atoms with Crippen molar-refractivity contribution in [3.05, 3.63) is 50.4 Å². The Morgan fingerprint density at radius 2 is 1.62 bits per heavy atom. The maximum absolute atomic E-state index is 5.29. The SMILES string of the molecule is COc1ccc(CN/N=C/c2cc(Br)c(OC)c(Br)c2)cc1OC. The molecule has 0 heterocycles. The summed E-state index contributed by atoms with van der Waals surface area (Å²) in [5.74, 6) is 2.16. The zero-order chi connectivity index (χ0) is 17.5. The molecular formula is C17H18Br2N2O3. The van der Waals surface area contributed by atoms with Crippen LogP contribution in [0.5, 0.6) is 17.2 Å². The van der Waals surface area contributed by atoms with E-state index in [4.69, 9.17) is 14.2 Å². The van der Waals surface area contributed by atoms with Crippen LogP contribution in [0.25, 0.3) is 0 Å². The quantitative estimate of drug-likeness (QED) is 0.495. The highest BCUT2D eigenvalue weighted by Gasteiger charge is 2.07. The molecule has 0 unspecified atom stereocenters. The Morgan fingerprint density at radius 3 is 2.21 bits per heavy atom. The fraction of sp³-hybridized carbons (Fsp3) is 0.235. The molecule has 0 aliphatic heterocycles. The van der Waals surface area contributed by atoms with Crippen molar-refractivity contribution >= 4 is 38.1 Å². The molecule has 0 saturated carbocycles. The molecular weight excluding hydrogens is 440 g/mol. The summed E-state index contributed by atoms with van der Waals surface area (Å²) in [7, 11) is 4.86. The number of hydrogen-bond donors (Lipinski definition) is 1. The van der Waals surface area contributed by atoms with Gasteiger partial charge >= 0.3 is 0 Å². The predicted molar refractivity (Wildman–Crippen MR) is 102 cm³/mol. The van der Waals surface area contributed by atoms with Crippen molar-refractivity contribution in [3.63, 3.8) is 0 Å². The maximum atomic E-state index is 5.29. The third kappa shape index (κ3) is 4.64. The second-order valence-electron chi connectivity index (χ2n) is 4.80. The van der Waals surface area contributed by atoms with E-state index in [1.807, 2.05) is 30.3 Å². The molecule has 1 N–H and O–H groups in total. The summed E-state index contributed by atoms with van der Waals surface area (Å²) >= 11 is 6.94. The summed E-state index contributed by atoms with van der Waals surface area (Å²) in [6, 6.07) is 9.62. The van der Waals surface area contributed by atoms with Gasteiger partial charge in [-0.2, -0.15) is 5.10 Å². The van der Waals surface area contributed by atoms with Crippen molar-refractivity contribution in [2.24, 2.45) is 5.10 Å². The minimum atomic E-state index is 0.579. The van der Waals surface area contributed by atoms with Crippen molar-refractivity contribution in [1.82, 2.24) is 5.43 Å². The van der Waals surface area contributed by atoms with Gasteiger partial charge in [0.15, 0.2) is 11.5 Å². The second kappa shape index (κ2) is 8.94. The van der Waals surface area contributed by atoms with Gasteiger partial charge in [0.05, 0.1) is 43.0 Å². The number of ether oxygens (including phenoxy) is 3. The number of hydrogen-bond acceptors (Lipinski definition) is 5. The number of halogens is 2. The number of rotatable bonds is 7. The molecule has 0 radical (unpaired) electrons. The fourth-order valence-electron chi connectivity index (χ4n) is 2.10. The molecule has 24 heavy (non-hydrogen) atoms.